The molecule has 0 radical (unpaired) electrons. The van der Waals surface area contributed by atoms with Crippen LogP contribution in [0.3, 0.4) is 0 Å². The number of rotatable bonds is 10. The monoisotopic (exact) mass is 537 g/mol. The van der Waals surface area contributed by atoms with Gasteiger partial charge in [-0.05, 0) is 73.9 Å². The molecule has 1 amide bonds. The number of benzene rings is 3. The third-order valence-corrected chi connectivity index (χ3v) is 5.99. The second kappa shape index (κ2) is 12.0. The molecule has 35 heavy (non-hydrogen) atoms. The standard InChI is InChI=1S/C26H26Cl3NO5/c1-26(2,15-34-32)35-19-7-4-17(5-8-19)24-21(28)12-16(13-22(24)29)10-11-30-25(31)20-14-18(27)6-9-23(20)33-3/h4-9,12-14,32H,10-11,15H2,1-3H3,(H,30,31). The maximum absolute atomic E-state index is 12.6. The number of carbonyl (C=O) groups is 1. The lowest BCUT2D eigenvalue weighted by atomic mass is 10.0. The first kappa shape index (κ1) is 27.1. The van der Waals surface area contributed by atoms with Crippen LogP contribution >= 0.6 is 34.8 Å². The molecule has 0 fully saturated rings. The Bertz CT molecular complexity index is 1160. The molecule has 0 aromatic heterocycles. The molecule has 0 spiro atoms. The van der Waals surface area contributed by atoms with Crippen LogP contribution in [0.1, 0.15) is 29.8 Å². The van der Waals surface area contributed by atoms with Crippen molar-refractivity contribution < 1.29 is 24.4 Å². The Balaban J connectivity index is 1.67. The summed E-state index contributed by atoms with van der Waals surface area (Å²) in [6, 6.07) is 15.9. The molecule has 0 saturated carbocycles. The Morgan fingerprint density at radius 1 is 1.00 bits per heavy atom. The van der Waals surface area contributed by atoms with Gasteiger partial charge < -0.3 is 14.8 Å². The topological polar surface area (TPSA) is 77.0 Å². The number of carbonyl (C=O) groups excluding carboxylic acids is 1. The van der Waals surface area contributed by atoms with Gasteiger partial charge in [0.15, 0.2) is 0 Å². The minimum Gasteiger partial charge on any atom is -0.496 e. The molecule has 0 atom stereocenters. The third-order valence-electron chi connectivity index (χ3n) is 5.16. The van der Waals surface area contributed by atoms with Crippen LogP contribution in [0.5, 0.6) is 11.5 Å². The minimum atomic E-state index is -0.694. The highest BCUT2D eigenvalue weighted by Gasteiger charge is 2.21. The number of nitrogens with one attached hydrogen (secondary N) is 1. The Morgan fingerprint density at radius 2 is 1.66 bits per heavy atom. The van der Waals surface area contributed by atoms with Crippen molar-refractivity contribution in [2.45, 2.75) is 25.9 Å². The van der Waals surface area contributed by atoms with Gasteiger partial charge in [0, 0.05) is 17.1 Å². The van der Waals surface area contributed by atoms with Crippen LogP contribution in [-0.4, -0.2) is 37.0 Å². The molecule has 3 aromatic rings. The molecule has 0 aliphatic heterocycles. The summed E-state index contributed by atoms with van der Waals surface area (Å²) in [4.78, 5) is 16.8. The lowest BCUT2D eigenvalue weighted by Crippen LogP contribution is -2.33. The van der Waals surface area contributed by atoms with E-state index in [-0.39, 0.29) is 12.5 Å². The van der Waals surface area contributed by atoms with E-state index in [0.29, 0.717) is 50.7 Å². The van der Waals surface area contributed by atoms with E-state index < -0.39 is 5.60 Å². The van der Waals surface area contributed by atoms with Gasteiger partial charge in [0.2, 0.25) is 0 Å². The maximum atomic E-state index is 12.6. The molecule has 3 rings (SSSR count). The van der Waals surface area contributed by atoms with Gasteiger partial charge in [-0.3, -0.25) is 10.1 Å². The van der Waals surface area contributed by atoms with Crippen LogP contribution in [0.4, 0.5) is 0 Å². The summed E-state index contributed by atoms with van der Waals surface area (Å²) < 4.78 is 11.1. The first-order chi connectivity index (χ1) is 16.6. The molecule has 2 N–H and O–H groups in total. The van der Waals surface area contributed by atoms with Crippen molar-refractivity contribution in [3.63, 3.8) is 0 Å². The van der Waals surface area contributed by atoms with E-state index in [2.05, 4.69) is 10.2 Å². The molecule has 9 heteroatoms. The number of hydrogen-bond acceptors (Lipinski definition) is 5. The number of ether oxygens (including phenoxy) is 2. The number of hydrogen-bond donors (Lipinski definition) is 2. The van der Waals surface area contributed by atoms with Gasteiger partial charge >= 0.3 is 0 Å². The Morgan fingerprint density at radius 3 is 2.26 bits per heavy atom. The van der Waals surface area contributed by atoms with Crippen LogP contribution < -0.4 is 14.8 Å². The number of amides is 1. The number of halogens is 3. The van der Waals surface area contributed by atoms with Gasteiger partial charge in [-0.2, -0.15) is 0 Å². The summed E-state index contributed by atoms with van der Waals surface area (Å²) in [6.07, 6.45) is 0.531. The van der Waals surface area contributed by atoms with E-state index in [1.54, 1.807) is 44.2 Å². The highest BCUT2D eigenvalue weighted by Crippen LogP contribution is 2.37. The minimum absolute atomic E-state index is 0.0287. The zero-order valence-corrected chi connectivity index (χ0v) is 21.8. The van der Waals surface area contributed by atoms with Crippen molar-refractivity contribution >= 4 is 40.7 Å². The van der Waals surface area contributed by atoms with Crippen molar-refractivity contribution in [3.05, 3.63) is 80.8 Å². The van der Waals surface area contributed by atoms with Gasteiger partial charge in [-0.1, -0.05) is 46.9 Å². The second-order valence-electron chi connectivity index (χ2n) is 8.44. The summed E-state index contributed by atoms with van der Waals surface area (Å²) in [5.74, 6) is 0.782. The molecule has 0 unspecified atom stereocenters. The van der Waals surface area contributed by atoms with Gasteiger partial charge in [0.05, 0.1) is 22.7 Å². The third kappa shape index (κ3) is 7.26. The molecule has 186 valence electrons. The molecular formula is C26H26Cl3NO5. The Hall–Kier alpha value is -2.48. The highest BCUT2D eigenvalue weighted by atomic mass is 35.5. The van der Waals surface area contributed by atoms with E-state index in [1.165, 1.54) is 7.11 Å². The Kier molecular flexibility index (Phi) is 9.27. The molecule has 3 aromatic carbocycles. The molecule has 6 nitrogen and oxygen atoms in total. The van der Waals surface area contributed by atoms with E-state index in [4.69, 9.17) is 49.5 Å². The summed E-state index contributed by atoms with van der Waals surface area (Å²) in [7, 11) is 1.50. The number of methoxy groups -OCH3 is 1. The van der Waals surface area contributed by atoms with Crippen molar-refractivity contribution in [2.75, 3.05) is 20.3 Å². The largest absolute Gasteiger partial charge is 0.496 e. The van der Waals surface area contributed by atoms with Crippen molar-refractivity contribution in [1.29, 1.82) is 0 Å². The quantitative estimate of drug-likeness (QED) is 0.216. The van der Waals surface area contributed by atoms with Crippen molar-refractivity contribution in [3.8, 4) is 22.6 Å². The predicted molar refractivity (Wildman–Crippen MR) is 139 cm³/mol. The van der Waals surface area contributed by atoms with E-state index in [0.717, 1.165) is 11.1 Å². The van der Waals surface area contributed by atoms with Crippen LogP contribution in [0.2, 0.25) is 15.1 Å². The van der Waals surface area contributed by atoms with Crippen molar-refractivity contribution in [2.24, 2.45) is 0 Å². The normalized spacial score (nSPS) is 11.3. The maximum Gasteiger partial charge on any atom is 0.255 e. The Labute approximate surface area is 219 Å². The predicted octanol–water partition coefficient (Wildman–Crippen LogP) is 6.94. The summed E-state index contributed by atoms with van der Waals surface area (Å²) in [6.45, 7) is 4.01. The summed E-state index contributed by atoms with van der Waals surface area (Å²) >= 11 is 19.2. The lowest BCUT2D eigenvalue weighted by Gasteiger charge is -2.24. The first-order valence-electron chi connectivity index (χ1n) is 10.8. The van der Waals surface area contributed by atoms with Crippen LogP contribution in [0.15, 0.2) is 54.6 Å². The second-order valence-corrected chi connectivity index (χ2v) is 9.70. The molecule has 0 saturated heterocycles. The SMILES string of the molecule is COc1ccc(Cl)cc1C(=O)NCCc1cc(Cl)c(-c2ccc(OC(C)(C)COO)cc2)c(Cl)c1. The zero-order valence-electron chi connectivity index (χ0n) is 19.5. The fourth-order valence-corrected chi connectivity index (χ4v) is 4.44. The average molecular weight is 539 g/mol. The fourth-order valence-electron chi connectivity index (χ4n) is 3.51. The lowest BCUT2D eigenvalue weighted by molar-refractivity contribution is -0.264. The summed E-state index contributed by atoms with van der Waals surface area (Å²) in [5, 5.41) is 13.0. The average Bonchev–Trinajstić information content (AvgIpc) is 2.79. The highest BCUT2D eigenvalue weighted by molar-refractivity contribution is 6.39. The van der Waals surface area contributed by atoms with Crippen molar-refractivity contribution in [1.82, 2.24) is 5.32 Å². The first-order valence-corrected chi connectivity index (χ1v) is 11.9. The molecule has 0 heterocycles. The molecular weight excluding hydrogens is 513 g/mol. The van der Waals surface area contributed by atoms with Gasteiger partial charge in [-0.15, -0.1) is 0 Å². The zero-order chi connectivity index (χ0) is 25.6. The van der Waals surface area contributed by atoms with Gasteiger partial charge in [-0.25, -0.2) is 4.89 Å². The van der Waals surface area contributed by atoms with E-state index >= 15 is 0 Å². The van der Waals surface area contributed by atoms with Crippen LogP contribution in [-0.2, 0) is 11.3 Å². The van der Waals surface area contributed by atoms with E-state index in [1.807, 2.05) is 24.3 Å². The molecule has 0 aliphatic carbocycles. The molecule has 0 aliphatic rings. The van der Waals surface area contributed by atoms with Crippen LogP contribution in [0.25, 0.3) is 11.1 Å². The van der Waals surface area contributed by atoms with Gasteiger partial charge in [0.25, 0.3) is 5.91 Å². The summed E-state index contributed by atoms with van der Waals surface area (Å²) in [5.41, 5.74) is 2.09. The van der Waals surface area contributed by atoms with E-state index in [9.17, 15) is 4.79 Å². The fraction of sp³-hybridized carbons (Fsp3) is 0.269. The smallest absolute Gasteiger partial charge is 0.255 e. The molecule has 0 bridgehead atoms. The van der Waals surface area contributed by atoms with Gasteiger partial charge in [0.1, 0.15) is 23.7 Å². The van der Waals surface area contributed by atoms with Crippen LogP contribution in [0, 0.1) is 0 Å².